The zero-order chi connectivity index (χ0) is 14.9. The molecule has 0 aliphatic rings. The molecule has 0 aliphatic carbocycles. The quantitative estimate of drug-likeness (QED) is 0.382. The number of carbonyl (C=O) groups is 1. The molecule has 0 saturated heterocycles. The molecule has 0 spiro atoms. The largest absolute Gasteiger partial charge is 0.478 e. The van der Waals surface area contributed by atoms with E-state index < -0.39 is 5.97 Å². The van der Waals surface area contributed by atoms with Crippen molar-refractivity contribution in [3.8, 4) is 0 Å². The topological polar surface area (TPSA) is 96.2 Å². The lowest BCUT2D eigenvalue weighted by Crippen LogP contribution is -2.17. The lowest BCUT2D eigenvalue weighted by atomic mass is 10.2. The van der Waals surface area contributed by atoms with Gasteiger partial charge in [-0.15, -0.1) is 0 Å². The van der Waals surface area contributed by atoms with Crippen molar-refractivity contribution in [3.63, 3.8) is 0 Å². The summed E-state index contributed by atoms with van der Waals surface area (Å²) in [4.78, 5) is 9.25. The zero-order valence-corrected chi connectivity index (χ0v) is 11.6. The normalized spacial score (nSPS) is 11.3. The molecule has 19 heavy (non-hydrogen) atoms. The van der Waals surface area contributed by atoms with E-state index >= 15 is 0 Å². The second kappa shape index (κ2) is 17.1. The fourth-order valence-corrected chi connectivity index (χ4v) is 1.03. The fourth-order valence-electron chi connectivity index (χ4n) is 1.03. The Bertz CT molecular complexity index is 207. The number of hydrogen-bond acceptors (Lipinski definition) is 5. The second-order valence-corrected chi connectivity index (χ2v) is 3.75. The molecule has 0 saturated carbocycles. The Morgan fingerprint density at radius 3 is 2.37 bits per heavy atom. The smallest absolute Gasteiger partial charge is 0.327 e. The lowest BCUT2D eigenvalue weighted by Gasteiger charge is -2.10. The third kappa shape index (κ3) is 22.7. The number of ether oxygens (including phenoxy) is 2. The summed E-state index contributed by atoms with van der Waals surface area (Å²) in [6.45, 7) is 6.77. The molecular formula is C13H26O6. The summed E-state index contributed by atoms with van der Waals surface area (Å²) in [7, 11) is 0. The highest BCUT2D eigenvalue weighted by molar-refractivity contribution is 5.78. The number of aliphatic carboxylic acids is 1. The van der Waals surface area contributed by atoms with Crippen LogP contribution in [-0.4, -0.2) is 60.4 Å². The van der Waals surface area contributed by atoms with E-state index in [0.29, 0.717) is 26.4 Å². The van der Waals surface area contributed by atoms with Gasteiger partial charge in [-0.3, -0.25) is 0 Å². The Morgan fingerprint density at radius 2 is 1.89 bits per heavy atom. The van der Waals surface area contributed by atoms with Gasteiger partial charge in [-0.2, -0.15) is 0 Å². The SMILES string of the molecule is C=CC(=O)O.CCCCC(O)COCCOCCO. The maximum absolute atomic E-state index is 9.38. The summed E-state index contributed by atoms with van der Waals surface area (Å²) in [6, 6.07) is 0. The molecule has 0 aromatic heterocycles. The van der Waals surface area contributed by atoms with Gasteiger partial charge in [-0.25, -0.2) is 4.79 Å². The summed E-state index contributed by atoms with van der Waals surface area (Å²) in [6.07, 6.45) is 3.41. The highest BCUT2D eigenvalue weighted by atomic mass is 16.5. The van der Waals surface area contributed by atoms with Gasteiger partial charge in [0.2, 0.25) is 0 Å². The average Bonchev–Trinajstić information content (AvgIpc) is 2.41. The average molecular weight is 278 g/mol. The lowest BCUT2D eigenvalue weighted by molar-refractivity contribution is -0.131. The van der Waals surface area contributed by atoms with Gasteiger partial charge in [-0.05, 0) is 6.42 Å². The molecule has 0 heterocycles. The number of carboxylic acids is 1. The first-order valence-electron chi connectivity index (χ1n) is 6.38. The molecule has 0 radical (unpaired) electrons. The Labute approximate surface area is 114 Å². The fraction of sp³-hybridized carbons (Fsp3) is 0.769. The molecule has 1 unspecified atom stereocenters. The van der Waals surface area contributed by atoms with Crippen LogP contribution < -0.4 is 0 Å². The van der Waals surface area contributed by atoms with Crippen molar-refractivity contribution in [2.24, 2.45) is 0 Å². The zero-order valence-electron chi connectivity index (χ0n) is 11.6. The molecule has 6 heteroatoms. The number of rotatable bonds is 11. The molecule has 114 valence electrons. The van der Waals surface area contributed by atoms with Crippen LogP contribution in [0.1, 0.15) is 26.2 Å². The highest BCUT2D eigenvalue weighted by Gasteiger charge is 2.02. The second-order valence-electron chi connectivity index (χ2n) is 3.75. The first kappa shape index (κ1) is 20.4. The van der Waals surface area contributed by atoms with Crippen molar-refractivity contribution in [1.82, 2.24) is 0 Å². The minimum atomic E-state index is -0.981. The van der Waals surface area contributed by atoms with Crippen LogP contribution in [0.2, 0.25) is 0 Å². The van der Waals surface area contributed by atoms with Gasteiger partial charge >= 0.3 is 5.97 Å². The van der Waals surface area contributed by atoms with Gasteiger partial charge in [0.25, 0.3) is 0 Å². The van der Waals surface area contributed by atoms with Gasteiger partial charge in [0.15, 0.2) is 0 Å². The maximum atomic E-state index is 9.38. The number of aliphatic hydroxyl groups excluding tert-OH is 2. The number of hydrogen-bond donors (Lipinski definition) is 3. The van der Waals surface area contributed by atoms with E-state index in [9.17, 15) is 9.90 Å². The minimum Gasteiger partial charge on any atom is -0.478 e. The van der Waals surface area contributed by atoms with E-state index in [2.05, 4.69) is 13.5 Å². The Kier molecular flexibility index (Phi) is 18.3. The van der Waals surface area contributed by atoms with Crippen LogP contribution in [-0.2, 0) is 14.3 Å². The van der Waals surface area contributed by atoms with Crippen molar-refractivity contribution in [1.29, 1.82) is 0 Å². The molecule has 0 bridgehead atoms. The Morgan fingerprint density at radius 1 is 1.32 bits per heavy atom. The molecule has 0 fully saturated rings. The van der Waals surface area contributed by atoms with Gasteiger partial charge < -0.3 is 24.8 Å². The first-order chi connectivity index (χ1) is 9.08. The van der Waals surface area contributed by atoms with E-state index in [1.165, 1.54) is 0 Å². The van der Waals surface area contributed by atoms with Crippen molar-refractivity contribution < 1.29 is 29.6 Å². The monoisotopic (exact) mass is 278 g/mol. The molecule has 0 rings (SSSR count). The van der Waals surface area contributed by atoms with Crippen molar-refractivity contribution in [3.05, 3.63) is 12.7 Å². The Hall–Kier alpha value is -0.950. The molecule has 0 aromatic rings. The number of carboxylic acid groups (broad SMARTS) is 1. The molecule has 0 aromatic carbocycles. The molecule has 6 nitrogen and oxygen atoms in total. The molecule has 0 amide bonds. The minimum absolute atomic E-state index is 0.0408. The summed E-state index contributed by atoms with van der Waals surface area (Å²) < 4.78 is 10.2. The van der Waals surface area contributed by atoms with Crippen molar-refractivity contribution in [2.75, 3.05) is 33.0 Å². The van der Waals surface area contributed by atoms with Crippen molar-refractivity contribution in [2.45, 2.75) is 32.3 Å². The molecule has 1 atom stereocenters. The maximum Gasteiger partial charge on any atom is 0.327 e. The molecule has 3 N–H and O–H groups in total. The third-order valence-corrected chi connectivity index (χ3v) is 1.98. The van der Waals surface area contributed by atoms with E-state index in [4.69, 9.17) is 19.7 Å². The first-order valence-corrected chi connectivity index (χ1v) is 6.38. The van der Waals surface area contributed by atoms with E-state index in [0.717, 1.165) is 25.3 Å². The summed E-state index contributed by atoms with van der Waals surface area (Å²) >= 11 is 0. The standard InChI is InChI=1S/C10H22O4.C3H4O2/c1-2-3-4-10(12)9-14-8-7-13-6-5-11;1-2-3(4)5/h10-12H,2-9H2,1H3;2H,1H2,(H,4,5). The predicted octanol–water partition coefficient (Wildman–Crippen LogP) is 0.820. The van der Waals surface area contributed by atoms with E-state index in [1.54, 1.807) is 0 Å². The van der Waals surface area contributed by atoms with Gasteiger partial charge in [-0.1, -0.05) is 26.3 Å². The van der Waals surface area contributed by atoms with Crippen LogP contribution in [0.5, 0.6) is 0 Å². The highest BCUT2D eigenvalue weighted by Crippen LogP contribution is 2.00. The van der Waals surface area contributed by atoms with Crippen LogP contribution in [0.4, 0.5) is 0 Å². The van der Waals surface area contributed by atoms with Gasteiger partial charge in [0, 0.05) is 6.08 Å². The molecular weight excluding hydrogens is 252 g/mol. The summed E-state index contributed by atoms with van der Waals surface area (Å²) in [5.41, 5.74) is 0. The van der Waals surface area contributed by atoms with Crippen LogP contribution in [0.15, 0.2) is 12.7 Å². The van der Waals surface area contributed by atoms with Crippen LogP contribution >= 0.6 is 0 Å². The summed E-state index contributed by atoms with van der Waals surface area (Å²) in [5, 5.41) is 25.4. The third-order valence-electron chi connectivity index (χ3n) is 1.98. The van der Waals surface area contributed by atoms with Gasteiger partial charge in [0.05, 0.1) is 39.1 Å². The predicted molar refractivity (Wildman–Crippen MR) is 72.1 cm³/mol. The van der Waals surface area contributed by atoms with E-state index in [-0.39, 0.29) is 12.7 Å². The van der Waals surface area contributed by atoms with E-state index in [1.807, 2.05) is 0 Å². The number of aliphatic hydroxyl groups is 2. The Balaban J connectivity index is 0. The van der Waals surface area contributed by atoms with Crippen molar-refractivity contribution >= 4 is 5.97 Å². The van der Waals surface area contributed by atoms with Crippen LogP contribution in [0.25, 0.3) is 0 Å². The van der Waals surface area contributed by atoms with Crippen LogP contribution in [0.3, 0.4) is 0 Å². The summed E-state index contributed by atoms with van der Waals surface area (Å²) in [5.74, 6) is -0.981. The molecule has 0 aliphatic heterocycles. The van der Waals surface area contributed by atoms with Crippen LogP contribution in [0, 0.1) is 0 Å². The van der Waals surface area contributed by atoms with Gasteiger partial charge in [0.1, 0.15) is 0 Å². The number of unbranched alkanes of at least 4 members (excludes halogenated alkanes) is 1.